The fraction of sp³-hybridized carbons (Fsp3) is 0.333. The molecule has 1 aliphatic heterocycles. The van der Waals surface area contributed by atoms with Crippen LogP contribution in [0.3, 0.4) is 0 Å². The third-order valence-corrected chi connectivity index (χ3v) is 1.23. The minimum atomic E-state index is -1.11. The van der Waals surface area contributed by atoms with E-state index in [2.05, 4.69) is 5.32 Å². The molecule has 10 heavy (non-hydrogen) atoms. The van der Waals surface area contributed by atoms with Crippen LogP contribution < -0.4 is 5.32 Å². The van der Waals surface area contributed by atoms with Crippen LogP contribution in [0.25, 0.3) is 0 Å². The molecule has 52 valence electrons. The molecule has 0 bridgehead atoms. The fourth-order valence-electron chi connectivity index (χ4n) is 0.710. The first-order valence-electron chi connectivity index (χ1n) is 2.81. The molecule has 1 heterocycles. The average Bonchev–Trinajstić information content (AvgIpc) is 1.88. The van der Waals surface area contributed by atoms with Crippen molar-refractivity contribution in [3.63, 3.8) is 0 Å². The Hall–Kier alpha value is -1.34. The van der Waals surface area contributed by atoms with E-state index in [1.54, 1.807) is 6.07 Å². The summed E-state index contributed by atoms with van der Waals surface area (Å²) in [5.41, 5.74) is 0.208. The van der Waals surface area contributed by atoms with Crippen LogP contribution in [0.2, 0.25) is 0 Å². The second-order valence-corrected chi connectivity index (χ2v) is 1.95. The number of aliphatic hydroxyl groups is 1. The van der Waals surface area contributed by atoms with Gasteiger partial charge in [-0.05, 0) is 0 Å². The number of hydrogen-bond acceptors (Lipinski definition) is 3. The van der Waals surface area contributed by atoms with Crippen molar-refractivity contribution in [2.24, 2.45) is 0 Å². The smallest absolute Gasteiger partial charge is 0.226 e. The Bertz CT molecular complexity index is 226. The van der Waals surface area contributed by atoms with E-state index in [0.717, 1.165) is 0 Å². The third-order valence-electron chi connectivity index (χ3n) is 1.23. The highest BCUT2D eigenvalue weighted by Gasteiger charge is 2.17. The lowest BCUT2D eigenvalue weighted by Crippen LogP contribution is -2.38. The lowest BCUT2D eigenvalue weighted by atomic mass is 10.1. The highest BCUT2D eigenvalue weighted by molar-refractivity contribution is 5.79. The zero-order chi connectivity index (χ0) is 7.56. The molecule has 0 aromatic rings. The van der Waals surface area contributed by atoms with Crippen LogP contribution in [-0.2, 0) is 4.79 Å². The van der Waals surface area contributed by atoms with Gasteiger partial charge in [-0.1, -0.05) is 6.08 Å². The first kappa shape index (κ1) is 6.78. The van der Waals surface area contributed by atoms with Gasteiger partial charge in [0.15, 0.2) is 6.23 Å². The summed E-state index contributed by atoms with van der Waals surface area (Å²) in [5.74, 6) is -0.258. The van der Waals surface area contributed by atoms with Gasteiger partial charge in [0.05, 0.1) is 11.6 Å². The summed E-state index contributed by atoms with van der Waals surface area (Å²) < 4.78 is 0. The van der Waals surface area contributed by atoms with E-state index >= 15 is 0 Å². The molecule has 0 saturated carbocycles. The lowest BCUT2D eigenvalue weighted by molar-refractivity contribution is -0.123. The maximum Gasteiger partial charge on any atom is 0.226 e. The molecular weight excluding hydrogens is 132 g/mol. The number of nitriles is 1. The van der Waals surface area contributed by atoms with Crippen molar-refractivity contribution in [3.8, 4) is 6.07 Å². The molecule has 1 amide bonds. The average molecular weight is 138 g/mol. The van der Waals surface area contributed by atoms with Crippen molar-refractivity contribution in [1.29, 1.82) is 5.26 Å². The Morgan fingerprint density at radius 2 is 2.60 bits per heavy atom. The molecule has 0 aliphatic carbocycles. The second-order valence-electron chi connectivity index (χ2n) is 1.95. The highest BCUT2D eigenvalue weighted by Crippen LogP contribution is 2.05. The van der Waals surface area contributed by atoms with Crippen molar-refractivity contribution < 1.29 is 9.90 Å². The number of carbonyl (C=O) groups is 1. The maximum atomic E-state index is 10.5. The normalized spacial score (nSPS) is 24.6. The molecule has 1 unspecified atom stereocenters. The maximum absolute atomic E-state index is 10.5. The number of nitrogens with zero attached hydrogens (tertiary/aromatic N) is 1. The van der Waals surface area contributed by atoms with Gasteiger partial charge >= 0.3 is 0 Å². The molecule has 0 radical (unpaired) electrons. The van der Waals surface area contributed by atoms with Crippen LogP contribution in [0.1, 0.15) is 6.42 Å². The number of rotatable bonds is 0. The van der Waals surface area contributed by atoms with Gasteiger partial charge in [0.1, 0.15) is 0 Å². The van der Waals surface area contributed by atoms with Gasteiger partial charge in [0.2, 0.25) is 5.91 Å². The van der Waals surface area contributed by atoms with Gasteiger partial charge in [0, 0.05) is 6.42 Å². The Balaban J connectivity index is 2.77. The van der Waals surface area contributed by atoms with E-state index in [1.165, 1.54) is 6.08 Å². The predicted molar refractivity (Wildman–Crippen MR) is 32.5 cm³/mol. The molecule has 0 aromatic carbocycles. The minimum Gasteiger partial charge on any atom is -0.369 e. The molecule has 0 aromatic heterocycles. The first-order valence-corrected chi connectivity index (χ1v) is 2.81. The molecule has 1 atom stereocenters. The summed E-state index contributed by atoms with van der Waals surface area (Å²) in [6.45, 7) is 0. The fourth-order valence-corrected chi connectivity index (χ4v) is 0.710. The molecule has 4 heteroatoms. The van der Waals surface area contributed by atoms with Crippen molar-refractivity contribution in [3.05, 3.63) is 11.6 Å². The molecule has 1 aliphatic rings. The van der Waals surface area contributed by atoms with Crippen LogP contribution in [0, 0.1) is 11.3 Å². The number of nitrogens with one attached hydrogen (secondary N) is 1. The van der Waals surface area contributed by atoms with Crippen LogP contribution >= 0.6 is 0 Å². The van der Waals surface area contributed by atoms with Gasteiger partial charge in [0.25, 0.3) is 0 Å². The molecule has 2 N–H and O–H groups in total. The number of carbonyl (C=O) groups excluding carboxylic acids is 1. The van der Waals surface area contributed by atoms with E-state index in [9.17, 15) is 4.79 Å². The molecule has 0 saturated heterocycles. The Morgan fingerprint density at radius 3 is 3.10 bits per heavy atom. The van der Waals surface area contributed by atoms with Gasteiger partial charge in [-0.25, -0.2) is 0 Å². The molecular formula is C6H6N2O2. The quantitative estimate of drug-likeness (QED) is 0.463. The van der Waals surface area contributed by atoms with Gasteiger partial charge in [-0.15, -0.1) is 0 Å². The first-order chi connectivity index (χ1) is 4.74. The Kier molecular flexibility index (Phi) is 1.69. The summed E-state index contributed by atoms with van der Waals surface area (Å²) in [7, 11) is 0. The number of aliphatic hydroxyl groups excluding tert-OH is 1. The molecule has 1 rings (SSSR count). The van der Waals surface area contributed by atoms with E-state index < -0.39 is 6.23 Å². The van der Waals surface area contributed by atoms with Crippen LogP contribution in [0.15, 0.2) is 11.6 Å². The zero-order valence-electron chi connectivity index (χ0n) is 5.16. The van der Waals surface area contributed by atoms with Crippen molar-refractivity contribution >= 4 is 5.91 Å². The third kappa shape index (κ3) is 1.14. The van der Waals surface area contributed by atoms with E-state index in [0.29, 0.717) is 0 Å². The Morgan fingerprint density at radius 1 is 1.90 bits per heavy atom. The summed E-state index contributed by atoms with van der Waals surface area (Å²) in [6, 6.07) is 1.77. The minimum absolute atomic E-state index is 0.181. The van der Waals surface area contributed by atoms with Gasteiger partial charge < -0.3 is 10.4 Å². The molecule has 0 fully saturated rings. The molecule has 4 nitrogen and oxygen atoms in total. The van der Waals surface area contributed by atoms with Crippen LogP contribution in [-0.4, -0.2) is 17.2 Å². The van der Waals surface area contributed by atoms with Crippen molar-refractivity contribution in [2.75, 3.05) is 0 Å². The highest BCUT2D eigenvalue weighted by atomic mass is 16.3. The number of hydrogen-bond donors (Lipinski definition) is 2. The van der Waals surface area contributed by atoms with E-state index in [-0.39, 0.29) is 17.9 Å². The SMILES string of the molecule is N#CC1=CCC(=O)NC1O. The monoisotopic (exact) mass is 138 g/mol. The van der Waals surface area contributed by atoms with E-state index in [4.69, 9.17) is 10.4 Å². The molecule has 0 spiro atoms. The van der Waals surface area contributed by atoms with Crippen molar-refractivity contribution in [1.82, 2.24) is 5.32 Å². The topological polar surface area (TPSA) is 73.1 Å². The van der Waals surface area contributed by atoms with Gasteiger partial charge in [-0.3, -0.25) is 4.79 Å². The largest absolute Gasteiger partial charge is 0.369 e. The van der Waals surface area contributed by atoms with Crippen LogP contribution in [0.4, 0.5) is 0 Å². The summed E-state index contributed by atoms with van der Waals surface area (Å²) >= 11 is 0. The Labute approximate surface area is 57.8 Å². The summed E-state index contributed by atoms with van der Waals surface area (Å²) in [5, 5.41) is 19.4. The zero-order valence-corrected chi connectivity index (χ0v) is 5.16. The number of amides is 1. The summed E-state index contributed by atoms with van der Waals surface area (Å²) in [4.78, 5) is 10.5. The van der Waals surface area contributed by atoms with E-state index in [1.807, 2.05) is 0 Å². The van der Waals surface area contributed by atoms with Crippen molar-refractivity contribution in [2.45, 2.75) is 12.6 Å². The van der Waals surface area contributed by atoms with Crippen LogP contribution in [0.5, 0.6) is 0 Å². The second kappa shape index (κ2) is 2.50. The lowest BCUT2D eigenvalue weighted by Gasteiger charge is -2.15. The predicted octanol–water partition coefficient (Wildman–Crippen LogP) is -0.725. The summed E-state index contributed by atoms with van der Waals surface area (Å²) in [6.07, 6.45) is 0.495. The standard InChI is InChI=1S/C6H6N2O2/c7-3-4-1-2-5(9)8-6(4)10/h1,6,10H,2H2,(H,8,9). The van der Waals surface area contributed by atoms with Gasteiger partial charge in [-0.2, -0.15) is 5.26 Å².